The number of nitrogens with zero attached hydrogens (tertiary/aromatic N) is 2. The number of rotatable bonds is 6. The summed E-state index contributed by atoms with van der Waals surface area (Å²) in [6.07, 6.45) is 1.84. The SMILES string of the molecule is CN(C)C(=O)N1CCC(CNC(=O)COCc2ccccc2)CC1. The lowest BCUT2D eigenvalue weighted by molar-refractivity contribution is -0.126. The van der Waals surface area contributed by atoms with Gasteiger partial charge in [-0.1, -0.05) is 30.3 Å². The summed E-state index contributed by atoms with van der Waals surface area (Å²) in [5, 5.41) is 2.93. The van der Waals surface area contributed by atoms with E-state index in [1.54, 1.807) is 19.0 Å². The number of hydrogen-bond acceptors (Lipinski definition) is 3. The molecule has 0 spiro atoms. The average molecular weight is 333 g/mol. The lowest BCUT2D eigenvalue weighted by Gasteiger charge is -2.33. The van der Waals surface area contributed by atoms with Gasteiger partial charge in [-0.15, -0.1) is 0 Å². The van der Waals surface area contributed by atoms with Gasteiger partial charge in [0.15, 0.2) is 0 Å². The standard InChI is InChI=1S/C18H27N3O3/c1-20(2)18(23)21-10-8-15(9-11-21)12-19-17(22)14-24-13-16-6-4-3-5-7-16/h3-7,15H,8-14H2,1-2H3,(H,19,22). The molecule has 1 aromatic carbocycles. The first kappa shape index (κ1) is 18.3. The van der Waals surface area contributed by atoms with Crippen molar-refractivity contribution in [3.05, 3.63) is 35.9 Å². The van der Waals surface area contributed by atoms with Crippen LogP contribution in [-0.2, 0) is 16.1 Å². The highest BCUT2D eigenvalue weighted by atomic mass is 16.5. The third kappa shape index (κ3) is 5.85. The highest BCUT2D eigenvalue weighted by molar-refractivity contribution is 5.77. The molecule has 0 atom stereocenters. The van der Waals surface area contributed by atoms with Crippen LogP contribution in [0.25, 0.3) is 0 Å². The molecular formula is C18H27N3O3. The molecule has 0 radical (unpaired) electrons. The molecule has 0 aromatic heterocycles. The van der Waals surface area contributed by atoms with E-state index in [4.69, 9.17) is 4.74 Å². The molecule has 132 valence electrons. The third-order valence-corrected chi connectivity index (χ3v) is 4.20. The Kier molecular flexibility index (Phi) is 7.06. The molecule has 0 aliphatic carbocycles. The molecule has 1 heterocycles. The van der Waals surface area contributed by atoms with Crippen molar-refractivity contribution in [3.63, 3.8) is 0 Å². The summed E-state index contributed by atoms with van der Waals surface area (Å²) in [4.78, 5) is 27.2. The van der Waals surface area contributed by atoms with Gasteiger partial charge in [-0.25, -0.2) is 4.79 Å². The molecule has 2 rings (SSSR count). The predicted octanol–water partition coefficient (Wildman–Crippen LogP) is 1.71. The Morgan fingerprint density at radius 3 is 2.50 bits per heavy atom. The number of piperidine rings is 1. The number of nitrogens with one attached hydrogen (secondary N) is 1. The minimum Gasteiger partial charge on any atom is -0.367 e. The van der Waals surface area contributed by atoms with Crippen LogP contribution in [0.15, 0.2) is 30.3 Å². The fourth-order valence-corrected chi connectivity index (χ4v) is 2.76. The number of hydrogen-bond donors (Lipinski definition) is 1. The van der Waals surface area contributed by atoms with Crippen LogP contribution in [0.1, 0.15) is 18.4 Å². The van der Waals surface area contributed by atoms with Crippen molar-refractivity contribution in [2.75, 3.05) is 40.3 Å². The van der Waals surface area contributed by atoms with Crippen molar-refractivity contribution in [3.8, 4) is 0 Å². The third-order valence-electron chi connectivity index (χ3n) is 4.20. The zero-order valence-electron chi connectivity index (χ0n) is 14.5. The Labute approximate surface area is 143 Å². The molecule has 1 fully saturated rings. The van der Waals surface area contributed by atoms with Gasteiger partial charge < -0.3 is 19.9 Å². The molecule has 3 amide bonds. The lowest BCUT2D eigenvalue weighted by Crippen LogP contribution is -2.45. The maximum atomic E-state index is 11.9. The molecule has 1 saturated heterocycles. The Morgan fingerprint density at radius 1 is 1.21 bits per heavy atom. The summed E-state index contributed by atoms with van der Waals surface area (Å²) >= 11 is 0. The van der Waals surface area contributed by atoms with Gasteiger partial charge in [0.2, 0.25) is 5.91 Å². The van der Waals surface area contributed by atoms with E-state index in [9.17, 15) is 9.59 Å². The van der Waals surface area contributed by atoms with E-state index >= 15 is 0 Å². The summed E-state index contributed by atoms with van der Waals surface area (Å²) in [7, 11) is 3.54. The summed E-state index contributed by atoms with van der Waals surface area (Å²) in [5.41, 5.74) is 1.06. The van der Waals surface area contributed by atoms with Crippen molar-refractivity contribution in [1.29, 1.82) is 0 Å². The van der Waals surface area contributed by atoms with Gasteiger partial charge in [0.25, 0.3) is 0 Å². The molecule has 1 aromatic rings. The Bertz CT molecular complexity index is 526. The second-order valence-corrected chi connectivity index (χ2v) is 6.39. The van der Waals surface area contributed by atoms with Gasteiger partial charge in [0, 0.05) is 33.7 Å². The van der Waals surface area contributed by atoms with Gasteiger partial charge in [-0.05, 0) is 24.3 Å². The number of carbonyl (C=O) groups excluding carboxylic acids is 2. The molecule has 0 bridgehead atoms. The summed E-state index contributed by atoms with van der Waals surface area (Å²) in [5.74, 6) is 0.340. The van der Waals surface area contributed by atoms with Crippen molar-refractivity contribution >= 4 is 11.9 Å². The van der Waals surface area contributed by atoms with Crippen LogP contribution >= 0.6 is 0 Å². The first-order valence-electron chi connectivity index (χ1n) is 8.41. The first-order chi connectivity index (χ1) is 11.6. The molecule has 1 aliphatic rings. The molecule has 6 heteroatoms. The van der Waals surface area contributed by atoms with Gasteiger partial charge in [-0.3, -0.25) is 4.79 Å². The predicted molar refractivity (Wildman–Crippen MR) is 92.5 cm³/mol. The topological polar surface area (TPSA) is 61.9 Å². The van der Waals surface area contributed by atoms with E-state index in [-0.39, 0.29) is 18.5 Å². The largest absolute Gasteiger partial charge is 0.367 e. The number of benzene rings is 1. The van der Waals surface area contributed by atoms with E-state index in [1.807, 2.05) is 35.2 Å². The van der Waals surface area contributed by atoms with E-state index < -0.39 is 0 Å². The Balaban J connectivity index is 1.58. The van der Waals surface area contributed by atoms with Crippen molar-refractivity contribution in [2.45, 2.75) is 19.4 Å². The molecule has 24 heavy (non-hydrogen) atoms. The number of likely N-dealkylation sites (tertiary alicyclic amines) is 1. The van der Waals surface area contributed by atoms with E-state index in [0.717, 1.165) is 31.5 Å². The number of carbonyl (C=O) groups is 2. The second-order valence-electron chi connectivity index (χ2n) is 6.39. The van der Waals surface area contributed by atoms with E-state index in [0.29, 0.717) is 19.1 Å². The highest BCUT2D eigenvalue weighted by Gasteiger charge is 2.23. The number of ether oxygens (including phenoxy) is 1. The monoisotopic (exact) mass is 333 g/mol. The van der Waals surface area contributed by atoms with Crippen molar-refractivity contribution in [1.82, 2.24) is 15.1 Å². The molecule has 0 saturated carbocycles. The minimum absolute atomic E-state index is 0.0618. The van der Waals surface area contributed by atoms with Gasteiger partial charge >= 0.3 is 6.03 Å². The highest BCUT2D eigenvalue weighted by Crippen LogP contribution is 2.17. The second kappa shape index (κ2) is 9.27. The van der Waals surface area contributed by atoms with Crippen LogP contribution in [0.3, 0.4) is 0 Å². The number of urea groups is 1. The minimum atomic E-state index is -0.0854. The van der Waals surface area contributed by atoms with Crippen molar-refractivity contribution in [2.24, 2.45) is 5.92 Å². The zero-order valence-corrected chi connectivity index (χ0v) is 14.5. The van der Waals surface area contributed by atoms with Crippen LogP contribution in [0.2, 0.25) is 0 Å². The van der Waals surface area contributed by atoms with Crippen LogP contribution < -0.4 is 5.32 Å². The van der Waals surface area contributed by atoms with Crippen LogP contribution in [0.5, 0.6) is 0 Å². The summed E-state index contributed by atoms with van der Waals surface area (Å²) < 4.78 is 5.43. The summed E-state index contributed by atoms with van der Waals surface area (Å²) in [6.45, 7) is 2.67. The molecular weight excluding hydrogens is 306 g/mol. The lowest BCUT2D eigenvalue weighted by atomic mass is 9.97. The smallest absolute Gasteiger partial charge is 0.319 e. The quantitative estimate of drug-likeness (QED) is 0.862. The molecule has 1 N–H and O–H groups in total. The molecule has 0 unspecified atom stereocenters. The first-order valence-corrected chi connectivity index (χ1v) is 8.41. The Hall–Kier alpha value is -2.08. The maximum Gasteiger partial charge on any atom is 0.319 e. The maximum absolute atomic E-state index is 11.9. The van der Waals surface area contributed by atoms with E-state index in [2.05, 4.69) is 5.32 Å². The van der Waals surface area contributed by atoms with Crippen LogP contribution in [0, 0.1) is 5.92 Å². The fourth-order valence-electron chi connectivity index (χ4n) is 2.76. The summed E-state index contributed by atoms with van der Waals surface area (Å²) in [6, 6.07) is 9.86. The fraction of sp³-hybridized carbons (Fsp3) is 0.556. The van der Waals surface area contributed by atoms with Gasteiger partial charge in [0.1, 0.15) is 6.61 Å². The molecule has 1 aliphatic heterocycles. The van der Waals surface area contributed by atoms with E-state index in [1.165, 1.54) is 0 Å². The van der Waals surface area contributed by atoms with Crippen LogP contribution in [0.4, 0.5) is 4.79 Å². The Morgan fingerprint density at radius 2 is 1.88 bits per heavy atom. The van der Waals surface area contributed by atoms with Gasteiger partial charge in [0.05, 0.1) is 6.61 Å². The number of amides is 3. The normalized spacial score (nSPS) is 15.2. The van der Waals surface area contributed by atoms with Crippen molar-refractivity contribution < 1.29 is 14.3 Å². The van der Waals surface area contributed by atoms with Gasteiger partial charge in [-0.2, -0.15) is 0 Å². The average Bonchev–Trinajstić information content (AvgIpc) is 2.60. The molecule has 6 nitrogen and oxygen atoms in total. The van der Waals surface area contributed by atoms with Crippen LogP contribution in [-0.4, -0.2) is 62.1 Å². The zero-order chi connectivity index (χ0) is 17.4.